The predicted molar refractivity (Wildman–Crippen MR) is 57.6 cm³/mol. The lowest BCUT2D eigenvalue weighted by molar-refractivity contribution is 0.607. The van der Waals surface area contributed by atoms with Crippen LogP contribution in [0.1, 0.15) is 18.5 Å². The summed E-state index contributed by atoms with van der Waals surface area (Å²) in [6.45, 7) is 2.06. The van der Waals surface area contributed by atoms with Crippen LogP contribution in [0.25, 0.3) is 10.1 Å². The molecule has 0 bridgehead atoms. The van der Waals surface area contributed by atoms with Crippen LogP contribution in [0.15, 0.2) is 29.6 Å². The average Bonchev–Trinajstić information content (AvgIpc) is 2.63. The van der Waals surface area contributed by atoms with Crippen LogP contribution in [0.5, 0.6) is 0 Å². The van der Waals surface area contributed by atoms with Crippen LogP contribution < -0.4 is 11.3 Å². The third kappa shape index (κ3) is 1.46. The minimum Gasteiger partial charge on any atom is -0.271 e. The highest BCUT2D eigenvalue weighted by Crippen LogP contribution is 2.28. The van der Waals surface area contributed by atoms with Gasteiger partial charge in [-0.1, -0.05) is 18.2 Å². The molecule has 1 atom stereocenters. The van der Waals surface area contributed by atoms with E-state index in [9.17, 15) is 0 Å². The van der Waals surface area contributed by atoms with Crippen molar-refractivity contribution in [2.24, 2.45) is 5.84 Å². The van der Waals surface area contributed by atoms with Gasteiger partial charge in [-0.25, -0.2) is 0 Å². The zero-order valence-corrected chi connectivity index (χ0v) is 8.27. The molecule has 0 spiro atoms. The second kappa shape index (κ2) is 3.46. The van der Waals surface area contributed by atoms with Crippen LogP contribution in [0.4, 0.5) is 0 Å². The Morgan fingerprint density at radius 1 is 1.38 bits per heavy atom. The molecule has 1 unspecified atom stereocenters. The van der Waals surface area contributed by atoms with Gasteiger partial charge < -0.3 is 0 Å². The summed E-state index contributed by atoms with van der Waals surface area (Å²) in [7, 11) is 0. The van der Waals surface area contributed by atoms with Gasteiger partial charge in [-0.2, -0.15) is 0 Å². The molecule has 68 valence electrons. The Hall–Kier alpha value is -0.900. The van der Waals surface area contributed by atoms with E-state index in [1.54, 1.807) is 11.3 Å². The molecular weight excluding hydrogens is 180 g/mol. The molecule has 3 heteroatoms. The summed E-state index contributed by atoms with van der Waals surface area (Å²) in [5.74, 6) is 5.42. The van der Waals surface area contributed by atoms with Crippen LogP contribution >= 0.6 is 11.3 Å². The summed E-state index contributed by atoms with van der Waals surface area (Å²) in [6, 6.07) is 8.65. The Bertz CT molecular complexity index is 408. The Kier molecular flexibility index (Phi) is 2.31. The Labute approximate surface area is 81.3 Å². The van der Waals surface area contributed by atoms with E-state index in [0.29, 0.717) is 0 Å². The molecule has 2 nitrogen and oxygen atoms in total. The number of nitrogens with two attached hydrogens (primary N) is 1. The maximum Gasteiger partial charge on any atom is 0.0446 e. The summed E-state index contributed by atoms with van der Waals surface area (Å²) in [6.07, 6.45) is 0. The van der Waals surface area contributed by atoms with E-state index in [-0.39, 0.29) is 6.04 Å². The molecule has 0 saturated carbocycles. The summed E-state index contributed by atoms with van der Waals surface area (Å²) in [5.41, 5.74) is 4.04. The predicted octanol–water partition coefficient (Wildman–Crippen LogP) is 2.43. The van der Waals surface area contributed by atoms with Crippen molar-refractivity contribution < 1.29 is 0 Å². The zero-order chi connectivity index (χ0) is 9.26. The smallest absolute Gasteiger partial charge is 0.0446 e. The lowest BCUT2D eigenvalue weighted by Gasteiger charge is -2.10. The van der Waals surface area contributed by atoms with Gasteiger partial charge in [0, 0.05) is 10.7 Å². The minimum absolute atomic E-state index is 0.211. The number of rotatable bonds is 2. The highest BCUT2D eigenvalue weighted by atomic mass is 32.1. The normalized spacial score (nSPS) is 13.4. The van der Waals surface area contributed by atoms with Crippen LogP contribution in [-0.4, -0.2) is 0 Å². The first-order chi connectivity index (χ1) is 6.33. The maximum atomic E-state index is 5.42. The zero-order valence-electron chi connectivity index (χ0n) is 7.45. The summed E-state index contributed by atoms with van der Waals surface area (Å²) in [4.78, 5) is 0. The number of hydrazine groups is 1. The summed E-state index contributed by atoms with van der Waals surface area (Å²) < 4.78 is 1.33. The fourth-order valence-electron chi connectivity index (χ4n) is 1.45. The number of nitrogens with one attached hydrogen (secondary N) is 1. The largest absolute Gasteiger partial charge is 0.271 e. The van der Waals surface area contributed by atoms with E-state index in [4.69, 9.17) is 5.84 Å². The van der Waals surface area contributed by atoms with Crippen molar-refractivity contribution in [1.82, 2.24) is 5.43 Å². The molecular formula is C10H12N2S. The molecule has 0 aliphatic heterocycles. The minimum atomic E-state index is 0.211. The first-order valence-corrected chi connectivity index (χ1v) is 5.13. The number of thiophene rings is 1. The van der Waals surface area contributed by atoms with Crippen LogP contribution in [-0.2, 0) is 0 Å². The second-order valence-electron chi connectivity index (χ2n) is 3.07. The third-order valence-electron chi connectivity index (χ3n) is 2.23. The number of benzene rings is 1. The molecule has 0 saturated heterocycles. The van der Waals surface area contributed by atoms with Gasteiger partial charge in [0.2, 0.25) is 0 Å². The van der Waals surface area contributed by atoms with Gasteiger partial charge in [-0.3, -0.25) is 11.3 Å². The van der Waals surface area contributed by atoms with Gasteiger partial charge in [0.15, 0.2) is 0 Å². The van der Waals surface area contributed by atoms with Crippen molar-refractivity contribution >= 4 is 21.4 Å². The molecule has 2 aromatic rings. The SMILES string of the molecule is CC(NN)c1cccc2ccsc12. The lowest BCUT2D eigenvalue weighted by Crippen LogP contribution is -2.25. The van der Waals surface area contributed by atoms with Crippen LogP contribution in [0.2, 0.25) is 0 Å². The molecule has 3 N–H and O–H groups in total. The van der Waals surface area contributed by atoms with Gasteiger partial charge in [-0.05, 0) is 29.3 Å². The molecule has 0 amide bonds. The molecule has 1 aromatic heterocycles. The highest BCUT2D eigenvalue weighted by Gasteiger charge is 2.07. The fraction of sp³-hybridized carbons (Fsp3) is 0.200. The Morgan fingerprint density at radius 3 is 3.00 bits per heavy atom. The number of hydrogen-bond donors (Lipinski definition) is 2. The van der Waals surface area contributed by atoms with E-state index in [0.717, 1.165) is 0 Å². The molecule has 1 aromatic carbocycles. The van der Waals surface area contributed by atoms with Crippen molar-refractivity contribution in [1.29, 1.82) is 0 Å². The van der Waals surface area contributed by atoms with Crippen molar-refractivity contribution in [2.45, 2.75) is 13.0 Å². The van der Waals surface area contributed by atoms with E-state index in [1.807, 2.05) is 0 Å². The monoisotopic (exact) mass is 192 g/mol. The molecule has 0 fully saturated rings. The Balaban J connectivity index is 2.60. The van der Waals surface area contributed by atoms with Crippen LogP contribution in [0.3, 0.4) is 0 Å². The number of fused-ring (bicyclic) bond motifs is 1. The van der Waals surface area contributed by atoms with Crippen molar-refractivity contribution in [2.75, 3.05) is 0 Å². The van der Waals surface area contributed by atoms with Gasteiger partial charge in [0.05, 0.1) is 0 Å². The fourth-order valence-corrected chi connectivity index (χ4v) is 2.45. The standard InChI is InChI=1S/C10H12N2S/c1-7(12-11)9-4-2-3-8-5-6-13-10(8)9/h2-7,12H,11H2,1H3. The Morgan fingerprint density at radius 2 is 2.23 bits per heavy atom. The molecule has 2 rings (SSSR count). The lowest BCUT2D eigenvalue weighted by atomic mass is 10.1. The van der Waals surface area contributed by atoms with Crippen LogP contribution in [0, 0.1) is 0 Å². The second-order valence-corrected chi connectivity index (χ2v) is 3.99. The molecule has 1 heterocycles. The summed E-state index contributed by atoms with van der Waals surface area (Å²) >= 11 is 1.76. The van der Waals surface area contributed by atoms with Gasteiger partial charge in [0.25, 0.3) is 0 Å². The van der Waals surface area contributed by atoms with Gasteiger partial charge in [-0.15, -0.1) is 11.3 Å². The van der Waals surface area contributed by atoms with E-state index in [1.165, 1.54) is 15.6 Å². The third-order valence-corrected chi connectivity index (χ3v) is 3.21. The maximum absolute atomic E-state index is 5.42. The first-order valence-electron chi connectivity index (χ1n) is 4.25. The van der Waals surface area contributed by atoms with Crippen molar-refractivity contribution in [3.05, 3.63) is 35.2 Å². The molecule has 0 radical (unpaired) electrons. The van der Waals surface area contributed by atoms with E-state index in [2.05, 4.69) is 42.0 Å². The highest BCUT2D eigenvalue weighted by molar-refractivity contribution is 7.17. The molecule has 13 heavy (non-hydrogen) atoms. The van der Waals surface area contributed by atoms with Gasteiger partial charge in [0.1, 0.15) is 0 Å². The van der Waals surface area contributed by atoms with Crippen molar-refractivity contribution in [3.8, 4) is 0 Å². The molecule has 0 aliphatic rings. The average molecular weight is 192 g/mol. The van der Waals surface area contributed by atoms with Crippen molar-refractivity contribution in [3.63, 3.8) is 0 Å². The first kappa shape index (κ1) is 8.69. The quantitative estimate of drug-likeness (QED) is 0.566. The van der Waals surface area contributed by atoms with E-state index < -0.39 is 0 Å². The number of hydrogen-bond acceptors (Lipinski definition) is 3. The summed E-state index contributed by atoms with van der Waals surface area (Å²) in [5, 5.41) is 3.40. The van der Waals surface area contributed by atoms with E-state index >= 15 is 0 Å². The molecule has 0 aliphatic carbocycles. The van der Waals surface area contributed by atoms with Gasteiger partial charge >= 0.3 is 0 Å². The topological polar surface area (TPSA) is 38.0 Å².